The van der Waals surface area contributed by atoms with Crippen molar-refractivity contribution in [2.75, 3.05) is 6.61 Å². The standard InChI is InChI=1S/C11H12NO2.BrH/c1-3-7-12-8-5-10(6-9-12)11(13)14-4-2;/h1,5-6,8-9H,4,7H2,2H3;1H/q+1;/p-1. The number of ether oxygens (including phenoxy) is 1. The van der Waals surface area contributed by atoms with Crippen LogP contribution >= 0.6 is 0 Å². The zero-order valence-electron chi connectivity index (χ0n) is 8.44. The second-order valence-electron chi connectivity index (χ2n) is 2.68. The van der Waals surface area contributed by atoms with Crippen molar-refractivity contribution < 1.29 is 31.1 Å². The highest BCUT2D eigenvalue weighted by Gasteiger charge is 2.07. The summed E-state index contributed by atoms with van der Waals surface area (Å²) in [5.41, 5.74) is 0.542. The Morgan fingerprint density at radius 2 is 2.13 bits per heavy atom. The minimum atomic E-state index is -0.305. The number of hydrogen-bond acceptors (Lipinski definition) is 2. The van der Waals surface area contributed by atoms with Gasteiger partial charge in [0.2, 0.25) is 6.54 Å². The van der Waals surface area contributed by atoms with Crippen molar-refractivity contribution in [1.29, 1.82) is 0 Å². The molecule has 0 saturated carbocycles. The van der Waals surface area contributed by atoms with Gasteiger partial charge in [-0.1, -0.05) is 0 Å². The van der Waals surface area contributed by atoms with Crippen molar-refractivity contribution in [3.8, 4) is 12.3 Å². The average Bonchev–Trinajstić information content (AvgIpc) is 2.20. The molecule has 3 nitrogen and oxygen atoms in total. The molecule has 80 valence electrons. The van der Waals surface area contributed by atoms with Crippen LogP contribution in [0.25, 0.3) is 0 Å². The van der Waals surface area contributed by atoms with E-state index >= 15 is 0 Å². The van der Waals surface area contributed by atoms with Gasteiger partial charge in [-0.3, -0.25) is 0 Å². The molecule has 0 spiro atoms. The Hall–Kier alpha value is -1.34. The Morgan fingerprint density at radius 3 is 2.60 bits per heavy atom. The van der Waals surface area contributed by atoms with Crippen LogP contribution in [0.4, 0.5) is 0 Å². The fraction of sp³-hybridized carbons (Fsp3) is 0.273. The van der Waals surface area contributed by atoms with Gasteiger partial charge in [0.25, 0.3) is 0 Å². The summed E-state index contributed by atoms with van der Waals surface area (Å²) in [5.74, 6) is 2.20. The maximum Gasteiger partial charge on any atom is 0.338 e. The average molecular weight is 270 g/mol. The number of esters is 1. The zero-order chi connectivity index (χ0) is 10.4. The highest BCUT2D eigenvalue weighted by Crippen LogP contribution is 1.97. The van der Waals surface area contributed by atoms with Crippen LogP contribution in [0.15, 0.2) is 24.5 Å². The van der Waals surface area contributed by atoms with Crippen LogP contribution in [-0.2, 0) is 11.3 Å². The van der Waals surface area contributed by atoms with Crippen molar-refractivity contribution in [3.05, 3.63) is 30.1 Å². The van der Waals surface area contributed by atoms with Gasteiger partial charge in [-0.15, -0.1) is 6.42 Å². The van der Waals surface area contributed by atoms with E-state index in [9.17, 15) is 4.79 Å². The summed E-state index contributed by atoms with van der Waals surface area (Å²) < 4.78 is 6.65. The summed E-state index contributed by atoms with van der Waals surface area (Å²) in [7, 11) is 0. The number of halogens is 1. The quantitative estimate of drug-likeness (QED) is 0.354. The van der Waals surface area contributed by atoms with Gasteiger partial charge in [0.1, 0.15) is 0 Å². The molecule has 0 saturated heterocycles. The SMILES string of the molecule is C#CC[n+]1ccc(C(=O)OCC)cc1.[Br-]. The molecule has 0 unspecified atom stereocenters. The number of terminal acetylenes is 1. The van der Waals surface area contributed by atoms with Gasteiger partial charge in [-0.2, -0.15) is 4.57 Å². The largest absolute Gasteiger partial charge is 1.00 e. The van der Waals surface area contributed by atoms with E-state index in [2.05, 4.69) is 5.92 Å². The minimum absolute atomic E-state index is 0. The minimum Gasteiger partial charge on any atom is -1.00 e. The first-order chi connectivity index (χ1) is 6.77. The number of aromatic nitrogens is 1. The van der Waals surface area contributed by atoms with Gasteiger partial charge in [-0.25, -0.2) is 4.79 Å². The van der Waals surface area contributed by atoms with Crippen molar-refractivity contribution in [2.45, 2.75) is 13.5 Å². The van der Waals surface area contributed by atoms with E-state index in [1.54, 1.807) is 31.5 Å². The summed E-state index contributed by atoms with van der Waals surface area (Å²) >= 11 is 0. The second-order valence-corrected chi connectivity index (χ2v) is 2.68. The van der Waals surface area contributed by atoms with Gasteiger partial charge in [0.05, 0.1) is 12.2 Å². The monoisotopic (exact) mass is 269 g/mol. The molecule has 0 amide bonds. The molecule has 0 aliphatic rings. The summed E-state index contributed by atoms with van der Waals surface area (Å²) in [6, 6.07) is 3.38. The zero-order valence-corrected chi connectivity index (χ0v) is 10.0. The summed E-state index contributed by atoms with van der Waals surface area (Å²) in [5, 5.41) is 0. The topological polar surface area (TPSA) is 30.2 Å². The fourth-order valence-corrected chi connectivity index (χ4v) is 1.02. The number of rotatable bonds is 3. The lowest BCUT2D eigenvalue weighted by molar-refractivity contribution is -0.684. The molecule has 0 aromatic carbocycles. The van der Waals surface area contributed by atoms with E-state index < -0.39 is 0 Å². The fourth-order valence-electron chi connectivity index (χ4n) is 1.02. The van der Waals surface area contributed by atoms with E-state index in [0.29, 0.717) is 18.7 Å². The number of carbonyl (C=O) groups excluding carboxylic acids is 1. The van der Waals surface area contributed by atoms with Crippen molar-refractivity contribution >= 4 is 5.97 Å². The molecule has 1 aromatic heterocycles. The summed E-state index contributed by atoms with van der Waals surface area (Å²) in [6.45, 7) is 2.67. The van der Waals surface area contributed by atoms with Crippen LogP contribution in [0.5, 0.6) is 0 Å². The first-order valence-electron chi connectivity index (χ1n) is 4.37. The lowest BCUT2D eigenvalue weighted by Crippen LogP contribution is -3.00. The van der Waals surface area contributed by atoms with E-state index in [4.69, 9.17) is 11.2 Å². The number of hydrogen-bond donors (Lipinski definition) is 0. The molecule has 0 N–H and O–H groups in total. The first-order valence-corrected chi connectivity index (χ1v) is 4.37. The maximum atomic E-state index is 11.2. The van der Waals surface area contributed by atoms with Crippen molar-refractivity contribution in [3.63, 3.8) is 0 Å². The van der Waals surface area contributed by atoms with Crippen molar-refractivity contribution in [2.24, 2.45) is 0 Å². The third-order valence-corrected chi connectivity index (χ3v) is 1.68. The molecule has 1 aromatic rings. The lowest BCUT2D eigenvalue weighted by Gasteiger charge is -1.99. The van der Waals surface area contributed by atoms with Gasteiger partial charge >= 0.3 is 5.97 Å². The molecule has 0 aliphatic carbocycles. The van der Waals surface area contributed by atoms with Gasteiger partial charge in [-0.05, 0) is 12.8 Å². The van der Waals surface area contributed by atoms with Crippen LogP contribution in [0.1, 0.15) is 17.3 Å². The van der Waals surface area contributed by atoms with Gasteiger partial charge in [0.15, 0.2) is 12.4 Å². The van der Waals surface area contributed by atoms with Gasteiger partial charge in [0, 0.05) is 12.1 Å². The lowest BCUT2D eigenvalue weighted by atomic mass is 10.3. The third kappa shape index (κ3) is 4.13. The number of carbonyl (C=O) groups is 1. The second kappa shape index (κ2) is 7.02. The Morgan fingerprint density at radius 1 is 1.53 bits per heavy atom. The first kappa shape index (κ1) is 13.7. The Labute approximate surface area is 99.8 Å². The van der Waals surface area contributed by atoms with Crippen LogP contribution < -0.4 is 21.5 Å². The number of pyridine rings is 1. The Balaban J connectivity index is 0.00000196. The summed E-state index contributed by atoms with van der Waals surface area (Å²) in [4.78, 5) is 11.2. The number of nitrogens with zero attached hydrogens (tertiary/aromatic N) is 1. The van der Waals surface area contributed by atoms with E-state index in [1.807, 2.05) is 4.57 Å². The molecule has 15 heavy (non-hydrogen) atoms. The third-order valence-electron chi connectivity index (χ3n) is 1.68. The molecule has 1 heterocycles. The van der Waals surface area contributed by atoms with Crippen molar-refractivity contribution in [1.82, 2.24) is 0 Å². The van der Waals surface area contributed by atoms with Crippen LogP contribution in [0.3, 0.4) is 0 Å². The normalized spacial score (nSPS) is 8.53. The molecule has 0 aliphatic heterocycles. The van der Waals surface area contributed by atoms with Crippen LogP contribution in [-0.4, -0.2) is 12.6 Å². The highest BCUT2D eigenvalue weighted by atomic mass is 79.9. The van der Waals surface area contributed by atoms with Gasteiger partial charge < -0.3 is 21.7 Å². The Kier molecular flexibility index (Phi) is 6.39. The van der Waals surface area contributed by atoms with E-state index in [0.717, 1.165) is 0 Å². The predicted molar refractivity (Wildman–Crippen MR) is 51.4 cm³/mol. The molecule has 4 heteroatoms. The van der Waals surface area contributed by atoms with Crippen LogP contribution in [0.2, 0.25) is 0 Å². The van der Waals surface area contributed by atoms with E-state index in [-0.39, 0.29) is 23.0 Å². The predicted octanol–water partition coefficient (Wildman–Crippen LogP) is -2.21. The molecule has 0 radical (unpaired) electrons. The molecule has 0 fully saturated rings. The molecule has 0 atom stereocenters. The van der Waals surface area contributed by atoms with E-state index in [1.165, 1.54) is 0 Å². The maximum absolute atomic E-state index is 11.2. The Bertz CT molecular complexity index is 354. The molecule has 1 rings (SSSR count). The van der Waals surface area contributed by atoms with Crippen LogP contribution in [0, 0.1) is 12.3 Å². The molecular weight excluding hydrogens is 258 g/mol. The molecular formula is C11H12BrNO2. The summed E-state index contributed by atoms with van der Waals surface area (Å²) in [6.07, 6.45) is 8.66. The highest BCUT2D eigenvalue weighted by molar-refractivity contribution is 5.88. The smallest absolute Gasteiger partial charge is 0.338 e. The molecule has 0 bridgehead atoms.